The molecule has 0 saturated carbocycles. The molecule has 2 heteroatoms. The van der Waals surface area contributed by atoms with Crippen LogP contribution in [0.4, 0.5) is 0 Å². The second kappa shape index (κ2) is 5.08. The Kier molecular flexibility index (Phi) is 3.52. The van der Waals surface area contributed by atoms with Gasteiger partial charge in [0.1, 0.15) is 5.75 Å². The van der Waals surface area contributed by atoms with Gasteiger partial charge < -0.3 is 4.74 Å². The highest BCUT2D eigenvalue weighted by molar-refractivity contribution is 7.98. The monoisotopic (exact) mass is 230 g/mol. The molecule has 0 aliphatic rings. The van der Waals surface area contributed by atoms with Gasteiger partial charge in [0.2, 0.25) is 0 Å². The minimum Gasteiger partial charge on any atom is -0.497 e. The Bertz CT molecular complexity index is 462. The molecule has 0 radical (unpaired) electrons. The second-order valence-electron chi connectivity index (χ2n) is 3.43. The molecule has 0 aromatic heterocycles. The minimum atomic E-state index is 0.894. The van der Waals surface area contributed by atoms with Crippen LogP contribution in [0.2, 0.25) is 0 Å². The van der Waals surface area contributed by atoms with E-state index in [-0.39, 0.29) is 0 Å². The highest BCUT2D eigenvalue weighted by Gasteiger charge is 2.03. The SMILES string of the molecule is COc1ccc(-c2ccccc2SC)cc1. The van der Waals surface area contributed by atoms with E-state index in [4.69, 9.17) is 4.74 Å². The van der Waals surface area contributed by atoms with Crippen molar-refractivity contribution in [3.63, 3.8) is 0 Å². The summed E-state index contributed by atoms with van der Waals surface area (Å²) >= 11 is 1.77. The largest absolute Gasteiger partial charge is 0.497 e. The van der Waals surface area contributed by atoms with Crippen LogP contribution in [-0.2, 0) is 0 Å². The topological polar surface area (TPSA) is 9.23 Å². The van der Waals surface area contributed by atoms with Crippen molar-refractivity contribution in [1.82, 2.24) is 0 Å². The van der Waals surface area contributed by atoms with E-state index in [0.717, 1.165) is 5.75 Å². The first-order chi connectivity index (χ1) is 7.85. The molecule has 0 spiro atoms. The average molecular weight is 230 g/mol. The van der Waals surface area contributed by atoms with Crippen molar-refractivity contribution in [2.24, 2.45) is 0 Å². The van der Waals surface area contributed by atoms with Crippen LogP contribution in [0.25, 0.3) is 11.1 Å². The maximum Gasteiger partial charge on any atom is 0.118 e. The van der Waals surface area contributed by atoms with Gasteiger partial charge in [0, 0.05) is 4.90 Å². The zero-order valence-electron chi connectivity index (χ0n) is 9.44. The maximum atomic E-state index is 5.16. The second-order valence-corrected chi connectivity index (χ2v) is 4.28. The average Bonchev–Trinajstić information content (AvgIpc) is 2.39. The molecule has 0 atom stereocenters. The fraction of sp³-hybridized carbons (Fsp3) is 0.143. The van der Waals surface area contributed by atoms with Crippen molar-refractivity contribution in [2.45, 2.75) is 4.90 Å². The number of hydrogen-bond donors (Lipinski definition) is 0. The van der Waals surface area contributed by atoms with Gasteiger partial charge in [0.15, 0.2) is 0 Å². The number of thioether (sulfide) groups is 1. The van der Waals surface area contributed by atoms with Crippen LogP contribution >= 0.6 is 11.8 Å². The van der Waals surface area contributed by atoms with Gasteiger partial charge in [-0.25, -0.2) is 0 Å². The van der Waals surface area contributed by atoms with Gasteiger partial charge in [-0.15, -0.1) is 11.8 Å². The van der Waals surface area contributed by atoms with Crippen molar-refractivity contribution in [3.05, 3.63) is 48.5 Å². The summed E-state index contributed by atoms with van der Waals surface area (Å²) in [7, 11) is 1.69. The van der Waals surface area contributed by atoms with E-state index < -0.39 is 0 Å². The molecule has 82 valence electrons. The number of hydrogen-bond acceptors (Lipinski definition) is 2. The molecule has 16 heavy (non-hydrogen) atoms. The lowest BCUT2D eigenvalue weighted by molar-refractivity contribution is 0.415. The number of benzene rings is 2. The Morgan fingerprint density at radius 2 is 1.62 bits per heavy atom. The van der Waals surface area contributed by atoms with Crippen molar-refractivity contribution < 1.29 is 4.74 Å². The van der Waals surface area contributed by atoms with Gasteiger partial charge in [-0.2, -0.15) is 0 Å². The third-order valence-corrected chi connectivity index (χ3v) is 3.30. The fourth-order valence-corrected chi connectivity index (χ4v) is 2.27. The zero-order chi connectivity index (χ0) is 11.4. The molecule has 0 N–H and O–H groups in total. The summed E-state index contributed by atoms with van der Waals surface area (Å²) in [6.07, 6.45) is 2.10. The Labute approximate surface area is 100 Å². The minimum absolute atomic E-state index is 0.894. The Balaban J connectivity index is 2.42. The summed E-state index contributed by atoms with van der Waals surface area (Å²) < 4.78 is 5.16. The van der Waals surface area contributed by atoms with Gasteiger partial charge in [-0.05, 0) is 35.6 Å². The van der Waals surface area contributed by atoms with E-state index in [2.05, 4.69) is 42.7 Å². The fourth-order valence-electron chi connectivity index (χ4n) is 1.65. The normalized spacial score (nSPS) is 10.1. The molecule has 2 aromatic carbocycles. The van der Waals surface area contributed by atoms with Crippen LogP contribution in [0.3, 0.4) is 0 Å². The standard InChI is InChI=1S/C14H14OS/c1-15-12-9-7-11(8-10-12)13-5-3-4-6-14(13)16-2/h3-10H,1-2H3. The first-order valence-electron chi connectivity index (χ1n) is 5.12. The Hall–Kier alpha value is -1.41. The Morgan fingerprint density at radius 1 is 0.938 bits per heavy atom. The summed E-state index contributed by atoms with van der Waals surface area (Å²) in [6.45, 7) is 0. The van der Waals surface area contributed by atoms with Crippen LogP contribution in [0.5, 0.6) is 5.75 Å². The molecule has 0 amide bonds. The van der Waals surface area contributed by atoms with Gasteiger partial charge in [0.25, 0.3) is 0 Å². The summed E-state index contributed by atoms with van der Waals surface area (Å²) in [5.41, 5.74) is 2.50. The van der Waals surface area contributed by atoms with E-state index in [9.17, 15) is 0 Å². The van der Waals surface area contributed by atoms with E-state index in [1.165, 1.54) is 16.0 Å². The molecule has 0 heterocycles. The quantitative estimate of drug-likeness (QED) is 0.735. The van der Waals surface area contributed by atoms with Gasteiger partial charge in [-0.3, -0.25) is 0 Å². The predicted octanol–water partition coefficient (Wildman–Crippen LogP) is 4.08. The molecule has 2 rings (SSSR count). The highest BCUT2D eigenvalue weighted by atomic mass is 32.2. The summed E-state index contributed by atoms with van der Waals surface area (Å²) in [4.78, 5) is 1.30. The molecule has 0 aliphatic carbocycles. The first-order valence-corrected chi connectivity index (χ1v) is 6.35. The zero-order valence-corrected chi connectivity index (χ0v) is 10.3. The number of methoxy groups -OCH3 is 1. The molecule has 0 saturated heterocycles. The van der Waals surface area contributed by atoms with E-state index in [1.54, 1.807) is 18.9 Å². The smallest absolute Gasteiger partial charge is 0.118 e. The molecule has 0 bridgehead atoms. The van der Waals surface area contributed by atoms with Crippen molar-refractivity contribution in [3.8, 4) is 16.9 Å². The van der Waals surface area contributed by atoms with Crippen LogP contribution in [0.15, 0.2) is 53.4 Å². The van der Waals surface area contributed by atoms with Crippen molar-refractivity contribution in [2.75, 3.05) is 13.4 Å². The number of ether oxygens (including phenoxy) is 1. The van der Waals surface area contributed by atoms with Crippen LogP contribution in [0.1, 0.15) is 0 Å². The van der Waals surface area contributed by atoms with E-state index in [0.29, 0.717) is 0 Å². The molecule has 0 aliphatic heterocycles. The van der Waals surface area contributed by atoms with E-state index >= 15 is 0 Å². The summed E-state index contributed by atoms with van der Waals surface area (Å²) in [5, 5.41) is 0. The Morgan fingerprint density at radius 3 is 2.25 bits per heavy atom. The summed E-state index contributed by atoms with van der Waals surface area (Å²) in [6, 6.07) is 16.6. The van der Waals surface area contributed by atoms with Crippen LogP contribution in [-0.4, -0.2) is 13.4 Å². The lowest BCUT2D eigenvalue weighted by atomic mass is 10.1. The number of rotatable bonds is 3. The molecule has 0 fully saturated rings. The molecule has 2 aromatic rings. The molecule has 0 unspecified atom stereocenters. The lowest BCUT2D eigenvalue weighted by Gasteiger charge is -2.07. The highest BCUT2D eigenvalue weighted by Crippen LogP contribution is 2.30. The third kappa shape index (κ3) is 2.22. The summed E-state index contributed by atoms with van der Waals surface area (Å²) in [5.74, 6) is 0.894. The van der Waals surface area contributed by atoms with Crippen molar-refractivity contribution >= 4 is 11.8 Å². The molecular formula is C14H14OS. The van der Waals surface area contributed by atoms with Gasteiger partial charge >= 0.3 is 0 Å². The molecule has 1 nitrogen and oxygen atoms in total. The van der Waals surface area contributed by atoms with E-state index in [1.807, 2.05) is 12.1 Å². The van der Waals surface area contributed by atoms with Crippen LogP contribution < -0.4 is 4.74 Å². The molecular weight excluding hydrogens is 216 g/mol. The third-order valence-electron chi connectivity index (χ3n) is 2.51. The van der Waals surface area contributed by atoms with Gasteiger partial charge in [-0.1, -0.05) is 30.3 Å². The van der Waals surface area contributed by atoms with Crippen LogP contribution in [0, 0.1) is 0 Å². The lowest BCUT2D eigenvalue weighted by Crippen LogP contribution is -1.84. The van der Waals surface area contributed by atoms with Gasteiger partial charge in [0.05, 0.1) is 7.11 Å². The maximum absolute atomic E-state index is 5.16. The predicted molar refractivity (Wildman–Crippen MR) is 70.2 cm³/mol. The van der Waals surface area contributed by atoms with Crippen molar-refractivity contribution in [1.29, 1.82) is 0 Å². The first kappa shape index (κ1) is 11.1.